The first-order chi connectivity index (χ1) is 8.87. The summed E-state index contributed by atoms with van der Waals surface area (Å²) in [6.45, 7) is 5.96. The molecule has 0 fully saturated rings. The number of ether oxygens (including phenoxy) is 1. The van der Waals surface area contributed by atoms with E-state index in [4.69, 9.17) is 4.74 Å². The van der Waals surface area contributed by atoms with E-state index in [1.807, 2.05) is 56.8 Å². The molecule has 19 heavy (non-hydrogen) atoms. The van der Waals surface area contributed by atoms with Gasteiger partial charge in [0.1, 0.15) is 6.61 Å². The molecule has 0 aliphatic carbocycles. The molecule has 1 heterocycles. The lowest BCUT2D eigenvalue weighted by atomic mass is 10.1. The minimum atomic E-state index is -0.290. The van der Waals surface area contributed by atoms with Crippen LogP contribution in [0.1, 0.15) is 26.5 Å². The van der Waals surface area contributed by atoms with E-state index in [2.05, 4.69) is 5.10 Å². The first-order valence-corrected chi connectivity index (χ1v) is 6.43. The van der Waals surface area contributed by atoms with Gasteiger partial charge in [0, 0.05) is 12.4 Å². The fraction of sp³-hybridized carbons (Fsp3) is 0.467. The van der Waals surface area contributed by atoms with Crippen LogP contribution >= 0.6 is 0 Å². The predicted octanol–water partition coefficient (Wildman–Crippen LogP) is 2.50. The smallest absolute Gasteiger partial charge is 0.164 e. The molecule has 0 saturated carbocycles. The minimum absolute atomic E-state index is 0.0544. The van der Waals surface area contributed by atoms with Crippen LogP contribution in [0.3, 0.4) is 0 Å². The van der Waals surface area contributed by atoms with Crippen LogP contribution in [0.25, 0.3) is 10.9 Å². The van der Waals surface area contributed by atoms with Crippen LogP contribution in [0.2, 0.25) is 0 Å². The van der Waals surface area contributed by atoms with E-state index in [1.54, 1.807) is 0 Å². The topological polar surface area (TPSA) is 44.1 Å². The monoisotopic (exact) mass is 260 g/mol. The van der Waals surface area contributed by atoms with Crippen LogP contribution in [0, 0.1) is 0 Å². The number of ketones is 1. The Kier molecular flexibility index (Phi) is 3.71. The largest absolute Gasteiger partial charge is 0.368 e. The summed E-state index contributed by atoms with van der Waals surface area (Å²) in [6, 6.07) is 7.93. The van der Waals surface area contributed by atoms with Crippen molar-refractivity contribution >= 4 is 16.7 Å². The van der Waals surface area contributed by atoms with Gasteiger partial charge < -0.3 is 4.74 Å². The average Bonchev–Trinajstić information content (AvgIpc) is 2.64. The third-order valence-corrected chi connectivity index (χ3v) is 2.87. The fourth-order valence-corrected chi connectivity index (χ4v) is 1.95. The van der Waals surface area contributed by atoms with Crippen molar-refractivity contribution in [3.05, 3.63) is 30.0 Å². The second-order valence-corrected chi connectivity index (χ2v) is 5.70. The molecule has 0 radical (unpaired) electrons. The Balaban J connectivity index is 2.11. The van der Waals surface area contributed by atoms with Crippen LogP contribution in [0.15, 0.2) is 24.3 Å². The summed E-state index contributed by atoms with van der Waals surface area (Å²) in [4.78, 5) is 11.9. The van der Waals surface area contributed by atoms with Gasteiger partial charge in [-0.25, -0.2) is 0 Å². The van der Waals surface area contributed by atoms with Gasteiger partial charge in [0.05, 0.1) is 23.2 Å². The fourth-order valence-electron chi connectivity index (χ4n) is 1.95. The van der Waals surface area contributed by atoms with Crippen molar-refractivity contribution in [2.24, 2.45) is 7.05 Å². The number of Topliss-reactive ketones (excluding diaryl/α,β-unsaturated/α-hetero) is 1. The number of aromatic nitrogens is 2. The van der Waals surface area contributed by atoms with Crippen LogP contribution < -0.4 is 0 Å². The molecule has 0 aliphatic rings. The van der Waals surface area contributed by atoms with E-state index in [0.717, 1.165) is 16.6 Å². The Morgan fingerprint density at radius 1 is 1.32 bits per heavy atom. The molecule has 0 amide bonds. The zero-order valence-electron chi connectivity index (χ0n) is 11.9. The maximum atomic E-state index is 11.9. The van der Waals surface area contributed by atoms with Gasteiger partial charge in [-0.15, -0.1) is 0 Å². The van der Waals surface area contributed by atoms with Crippen molar-refractivity contribution in [1.82, 2.24) is 9.78 Å². The first kappa shape index (κ1) is 13.7. The van der Waals surface area contributed by atoms with E-state index in [1.165, 1.54) is 0 Å². The zero-order chi connectivity index (χ0) is 14.0. The number of rotatable bonds is 4. The van der Waals surface area contributed by atoms with Crippen LogP contribution in [0.5, 0.6) is 0 Å². The quantitative estimate of drug-likeness (QED) is 0.848. The first-order valence-electron chi connectivity index (χ1n) is 6.43. The molecule has 2 rings (SSSR count). The molecule has 0 atom stereocenters. The van der Waals surface area contributed by atoms with Crippen LogP contribution in [-0.4, -0.2) is 27.8 Å². The molecule has 0 bridgehead atoms. The van der Waals surface area contributed by atoms with Crippen molar-refractivity contribution in [2.45, 2.75) is 32.8 Å². The van der Waals surface area contributed by atoms with Gasteiger partial charge in [0.25, 0.3) is 0 Å². The number of hydrogen-bond acceptors (Lipinski definition) is 3. The number of benzene rings is 1. The molecule has 0 unspecified atom stereocenters. The third kappa shape index (κ3) is 3.41. The minimum Gasteiger partial charge on any atom is -0.368 e. The van der Waals surface area contributed by atoms with Gasteiger partial charge in [0.2, 0.25) is 0 Å². The number of para-hydroxylation sites is 1. The summed E-state index contributed by atoms with van der Waals surface area (Å²) in [5.74, 6) is 0.0544. The molecular formula is C15H20N2O2. The zero-order valence-corrected chi connectivity index (χ0v) is 11.9. The average molecular weight is 260 g/mol. The lowest BCUT2D eigenvalue weighted by Crippen LogP contribution is -2.24. The molecule has 2 aromatic rings. The third-order valence-electron chi connectivity index (χ3n) is 2.87. The van der Waals surface area contributed by atoms with E-state index >= 15 is 0 Å². The number of carbonyl (C=O) groups is 1. The maximum absolute atomic E-state index is 11.9. The summed E-state index contributed by atoms with van der Waals surface area (Å²) in [6.07, 6.45) is 0.317. The lowest BCUT2D eigenvalue weighted by molar-refractivity contribution is -0.127. The van der Waals surface area contributed by atoms with E-state index < -0.39 is 0 Å². The second kappa shape index (κ2) is 5.13. The van der Waals surface area contributed by atoms with Crippen LogP contribution in [0.4, 0.5) is 0 Å². The molecule has 0 N–H and O–H groups in total. The maximum Gasteiger partial charge on any atom is 0.164 e. The summed E-state index contributed by atoms with van der Waals surface area (Å²) >= 11 is 0. The van der Waals surface area contributed by atoms with E-state index in [9.17, 15) is 4.79 Å². The van der Waals surface area contributed by atoms with Crippen LogP contribution in [-0.2, 0) is 23.0 Å². The Morgan fingerprint density at radius 2 is 2.00 bits per heavy atom. The molecular weight excluding hydrogens is 240 g/mol. The van der Waals surface area contributed by atoms with Crippen molar-refractivity contribution < 1.29 is 9.53 Å². The summed E-state index contributed by atoms with van der Waals surface area (Å²) in [5.41, 5.74) is 1.57. The standard InChI is InChI=1S/C15H20N2O2/c1-15(2,3)19-10-11(18)9-13-12-7-5-6-8-14(12)17(4)16-13/h5-8H,9-10H2,1-4H3. The number of nitrogens with zero attached hydrogens (tertiary/aromatic N) is 2. The summed E-state index contributed by atoms with van der Waals surface area (Å²) < 4.78 is 7.31. The number of aryl methyl sites for hydroxylation is 1. The van der Waals surface area contributed by atoms with Gasteiger partial charge in [-0.1, -0.05) is 18.2 Å². The van der Waals surface area contributed by atoms with Crippen molar-refractivity contribution in [3.8, 4) is 0 Å². The molecule has 0 spiro atoms. The Hall–Kier alpha value is -1.68. The second-order valence-electron chi connectivity index (χ2n) is 5.70. The van der Waals surface area contributed by atoms with Crippen molar-refractivity contribution in [3.63, 3.8) is 0 Å². The van der Waals surface area contributed by atoms with Gasteiger partial charge >= 0.3 is 0 Å². The SMILES string of the molecule is Cn1nc(CC(=O)COC(C)(C)C)c2ccccc21. The van der Waals surface area contributed by atoms with Gasteiger partial charge in [-0.2, -0.15) is 5.10 Å². The Bertz CT molecular complexity index is 594. The Morgan fingerprint density at radius 3 is 2.68 bits per heavy atom. The molecule has 1 aromatic heterocycles. The van der Waals surface area contributed by atoms with Crippen molar-refractivity contribution in [1.29, 1.82) is 0 Å². The highest BCUT2D eigenvalue weighted by atomic mass is 16.5. The lowest BCUT2D eigenvalue weighted by Gasteiger charge is -2.18. The predicted molar refractivity (Wildman–Crippen MR) is 75.1 cm³/mol. The number of carbonyl (C=O) groups excluding carboxylic acids is 1. The van der Waals surface area contributed by atoms with E-state index in [0.29, 0.717) is 6.42 Å². The molecule has 0 saturated heterocycles. The highest BCUT2D eigenvalue weighted by Crippen LogP contribution is 2.18. The van der Waals surface area contributed by atoms with Crippen molar-refractivity contribution in [2.75, 3.05) is 6.61 Å². The van der Waals surface area contributed by atoms with Gasteiger partial charge in [-0.05, 0) is 26.8 Å². The summed E-state index contributed by atoms with van der Waals surface area (Å²) in [7, 11) is 1.89. The molecule has 1 aromatic carbocycles. The highest BCUT2D eigenvalue weighted by molar-refractivity contribution is 5.89. The number of fused-ring (bicyclic) bond motifs is 1. The molecule has 4 nitrogen and oxygen atoms in total. The highest BCUT2D eigenvalue weighted by Gasteiger charge is 2.16. The van der Waals surface area contributed by atoms with E-state index in [-0.39, 0.29) is 18.0 Å². The normalized spacial score (nSPS) is 12.0. The van der Waals surface area contributed by atoms with Gasteiger partial charge in [0.15, 0.2) is 5.78 Å². The Labute approximate surface area is 113 Å². The number of hydrogen-bond donors (Lipinski definition) is 0. The van der Waals surface area contributed by atoms with Gasteiger partial charge in [-0.3, -0.25) is 9.48 Å². The molecule has 4 heteroatoms. The molecule has 0 aliphatic heterocycles. The molecule has 102 valence electrons. The summed E-state index contributed by atoms with van der Waals surface area (Å²) in [5, 5.41) is 5.45.